The standard InChI is InChI=1S/C15H24N2/c1-12-6-7-14(13(2)10-12)15(3)11-16(4)8-9-17(15)5/h6-7,10H,8-9,11H2,1-5H3. The van der Waals surface area contributed by atoms with E-state index >= 15 is 0 Å². The average molecular weight is 232 g/mol. The van der Waals surface area contributed by atoms with E-state index in [-0.39, 0.29) is 5.54 Å². The van der Waals surface area contributed by atoms with E-state index in [1.807, 2.05) is 0 Å². The van der Waals surface area contributed by atoms with E-state index in [9.17, 15) is 0 Å². The molecule has 1 fully saturated rings. The Balaban J connectivity index is 2.42. The fraction of sp³-hybridized carbons (Fsp3) is 0.600. The Labute approximate surface area is 105 Å². The quantitative estimate of drug-likeness (QED) is 0.733. The van der Waals surface area contributed by atoms with E-state index < -0.39 is 0 Å². The Kier molecular flexibility index (Phi) is 3.28. The third-order valence-corrected chi connectivity index (χ3v) is 4.20. The molecule has 0 amide bonds. The van der Waals surface area contributed by atoms with Crippen LogP contribution in [-0.2, 0) is 5.54 Å². The summed E-state index contributed by atoms with van der Waals surface area (Å²) >= 11 is 0. The molecule has 0 aliphatic carbocycles. The zero-order valence-corrected chi connectivity index (χ0v) is 11.7. The lowest BCUT2D eigenvalue weighted by atomic mass is 9.84. The maximum Gasteiger partial charge on any atom is 0.0560 e. The summed E-state index contributed by atoms with van der Waals surface area (Å²) in [6.45, 7) is 10.2. The number of piperazine rings is 1. The Morgan fingerprint density at radius 1 is 1.12 bits per heavy atom. The molecule has 2 rings (SSSR count). The van der Waals surface area contributed by atoms with Gasteiger partial charge in [0.15, 0.2) is 0 Å². The molecule has 1 unspecified atom stereocenters. The number of likely N-dealkylation sites (N-methyl/N-ethyl adjacent to an activating group) is 2. The first kappa shape index (κ1) is 12.6. The Morgan fingerprint density at radius 3 is 2.47 bits per heavy atom. The molecule has 1 aromatic carbocycles. The molecule has 1 atom stereocenters. The van der Waals surface area contributed by atoms with E-state index in [4.69, 9.17) is 0 Å². The predicted molar refractivity (Wildman–Crippen MR) is 73.4 cm³/mol. The number of hydrogen-bond acceptors (Lipinski definition) is 2. The zero-order valence-electron chi connectivity index (χ0n) is 11.7. The van der Waals surface area contributed by atoms with Crippen LogP contribution in [0.25, 0.3) is 0 Å². The van der Waals surface area contributed by atoms with Crippen molar-refractivity contribution in [3.63, 3.8) is 0 Å². The van der Waals surface area contributed by atoms with Crippen molar-refractivity contribution in [2.24, 2.45) is 0 Å². The van der Waals surface area contributed by atoms with Gasteiger partial charge >= 0.3 is 0 Å². The molecule has 0 aromatic heterocycles. The van der Waals surface area contributed by atoms with E-state index in [1.165, 1.54) is 16.7 Å². The molecule has 0 radical (unpaired) electrons. The highest BCUT2D eigenvalue weighted by molar-refractivity contribution is 5.36. The smallest absolute Gasteiger partial charge is 0.0560 e. The Hall–Kier alpha value is -0.860. The van der Waals surface area contributed by atoms with Crippen LogP contribution in [0, 0.1) is 13.8 Å². The summed E-state index contributed by atoms with van der Waals surface area (Å²) in [7, 11) is 4.46. The van der Waals surface area contributed by atoms with Crippen LogP contribution in [0.1, 0.15) is 23.6 Å². The van der Waals surface area contributed by atoms with Gasteiger partial charge in [0.05, 0.1) is 5.54 Å². The molecule has 1 aliphatic heterocycles. The van der Waals surface area contributed by atoms with Gasteiger partial charge < -0.3 is 4.90 Å². The van der Waals surface area contributed by atoms with Crippen LogP contribution in [0.2, 0.25) is 0 Å². The van der Waals surface area contributed by atoms with Crippen LogP contribution < -0.4 is 0 Å². The van der Waals surface area contributed by atoms with E-state index in [1.54, 1.807) is 0 Å². The molecular weight excluding hydrogens is 208 g/mol. The summed E-state index contributed by atoms with van der Waals surface area (Å²) in [5.74, 6) is 0. The first-order chi connectivity index (χ1) is 7.93. The second kappa shape index (κ2) is 4.43. The van der Waals surface area contributed by atoms with E-state index in [0.717, 1.165) is 19.6 Å². The van der Waals surface area contributed by atoms with Gasteiger partial charge in [-0.1, -0.05) is 23.8 Å². The normalized spacial score (nSPS) is 27.4. The molecule has 1 aromatic rings. The number of aryl methyl sites for hydroxylation is 2. The minimum absolute atomic E-state index is 0.144. The van der Waals surface area contributed by atoms with Gasteiger partial charge in [-0.2, -0.15) is 0 Å². The van der Waals surface area contributed by atoms with Gasteiger partial charge in [-0.3, -0.25) is 4.90 Å². The minimum atomic E-state index is 0.144. The second-order valence-electron chi connectivity index (χ2n) is 5.75. The summed E-state index contributed by atoms with van der Waals surface area (Å²) in [5, 5.41) is 0. The molecule has 0 bridgehead atoms. The average Bonchev–Trinajstić information content (AvgIpc) is 2.23. The van der Waals surface area contributed by atoms with Gasteiger partial charge in [0.1, 0.15) is 0 Å². The number of nitrogens with zero attached hydrogens (tertiary/aromatic N) is 2. The fourth-order valence-corrected chi connectivity index (χ4v) is 3.00. The third-order valence-electron chi connectivity index (χ3n) is 4.20. The van der Waals surface area contributed by atoms with Crippen molar-refractivity contribution in [1.29, 1.82) is 0 Å². The highest BCUT2D eigenvalue weighted by Gasteiger charge is 2.36. The largest absolute Gasteiger partial charge is 0.303 e. The number of hydrogen-bond donors (Lipinski definition) is 0. The van der Waals surface area contributed by atoms with Crippen molar-refractivity contribution < 1.29 is 0 Å². The lowest BCUT2D eigenvalue weighted by Gasteiger charge is -2.47. The van der Waals surface area contributed by atoms with E-state index in [2.05, 4.69) is 62.9 Å². The van der Waals surface area contributed by atoms with Crippen LogP contribution in [0.4, 0.5) is 0 Å². The lowest BCUT2D eigenvalue weighted by Crippen LogP contribution is -2.56. The predicted octanol–water partition coefficient (Wildman–Crippen LogP) is 2.40. The summed E-state index contributed by atoms with van der Waals surface area (Å²) in [6.07, 6.45) is 0. The van der Waals surface area contributed by atoms with Gasteiger partial charge in [0, 0.05) is 19.6 Å². The number of benzene rings is 1. The van der Waals surface area contributed by atoms with Crippen LogP contribution >= 0.6 is 0 Å². The van der Waals surface area contributed by atoms with Crippen LogP contribution in [0.5, 0.6) is 0 Å². The molecule has 0 spiro atoms. The highest BCUT2D eigenvalue weighted by atomic mass is 15.3. The third kappa shape index (κ3) is 2.24. The molecule has 1 heterocycles. The van der Waals surface area contributed by atoms with Gasteiger partial charge in [0.25, 0.3) is 0 Å². The van der Waals surface area contributed by atoms with Crippen molar-refractivity contribution in [1.82, 2.24) is 9.80 Å². The minimum Gasteiger partial charge on any atom is -0.303 e. The number of rotatable bonds is 1. The lowest BCUT2D eigenvalue weighted by molar-refractivity contribution is 0.0375. The van der Waals surface area contributed by atoms with Crippen molar-refractivity contribution in [3.05, 3.63) is 34.9 Å². The summed E-state index contributed by atoms with van der Waals surface area (Å²) < 4.78 is 0. The maximum atomic E-state index is 2.49. The van der Waals surface area contributed by atoms with Crippen LogP contribution in [0.15, 0.2) is 18.2 Å². The monoisotopic (exact) mass is 232 g/mol. The molecule has 2 nitrogen and oxygen atoms in total. The molecule has 2 heteroatoms. The van der Waals surface area contributed by atoms with Gasteiger partial charge in [-0.25, -0.2) is 0 Å². The Bertz CT molecular complexity index is 413. The molecule has 17 heavy (non-hydrogen) atoms. The van der Waals surface area contributed by atoms with Gasteiger partial charge in [-0.05, 0) is 46.0 Å². The summed E-state index contributed by atoms with van der Waals surface area (Å²) in [4.78, 5) is 4.92. The first-order valence-corrected chi connectivity index (χ1v) is 6.41. The first-order valence-electron chi connectivity index (χ1n) is 6.41. The molecule has 1 saturated heterocycles. The van der Waals surface area contributed by atoms with Gasteiger partial charge in [0.2, 0.25) is 0 Å². The molecular formula is C15H24N2. The Morgan fingerprint density at radius 2 is 1.82 bits per heavy atom. The zero-order chi connectivity index (χ0) is 12.6. The second-order valence-corrected chi connectivity index (χ2v) is 5.75. The molecule has 0 saturated carbocycles. The van der Waals surface area contributed by atoms with Crippen molar-refractivity contribution in [2.75, 3.05) is 33.7 Å². The summed E-state index contributed by atoms with van der Waals surface area (Å²) in [6, 6.07) is 6.83. The molecule has 94 valence electrons. The molecule has 1 aliphatic rings. The van der Waals surface area contributed by atoms with Crippen molar-refractivity contribution >= 4 is 0 Å². The van der Waals surface area contributed by atoms with E-state index in [0.29, 0.717) is 0 Å². The highest BCUT2D eigenvalue weighted by Crippen LogP contribution is 2.32. The maximum absolute atomic E-state index is 2.49. The van der Waals surface area contributed by atoms with Crippen molar-refractivity contribution in [2.45, 2.75) is 26.3 Å². The molecule has 0 N–H and O–H groups in total. The SMILES string of the molecule is Cc1ccc(C2(C)CN(C)CCN2C)c(C)c1. The van der Waals surface area contributed by atoms with Crippen molar-refractivity contribution in [3.8, 4) is 0 Å². The fourth-order valence-electron chi connectivity index (χ4n) is 3.00. The topological polar surface area (TPSA) is 6.48 Å². The van der Waals surface area contributed by atoms with Crippen LogP contribution in [0.3, 0.4) is 0 Å². The summed E-state index contributed by atoms with van der Waals surface area (Å²) in [5.41, 5.74) is 4.37. The van der Waals surface area contributed by atoms with Crippen LogP contribution in [-0.4, -0.2) is 43.5 Å². The van der Waals surface area contributed by atoms with Gasteiger partial charge in [-0.15, -0.1) is 0 Å².